The number of carbonyl (C=O) groups excluding carboxylic acids is 1. The highest BCUT2D eigenvalue weighted by Gasteiger charge is 2.42. The second-order valence-corrected chi connectivity index (χ2v) is 9.00. The maximum Gasteiger partial charge on any atom is 0.374 e. The fourth-order valence-electron chi connectivity index (χ4n) is 2.92. The lowest BCUT2D eigenvalue weighted by Crippen LogP contribution is -2.22. The van der Waals surface area contributed by atoms with Crippen molar-refractivity contribution in [2.24, 2.45) is 5.92 Å². The molecule has 0 N–H and O–H groups in total. The Labute approximate surface area is 142 Å². The third-order valence-electron chi connectivity index (χ3n) is 4.40. The van der Waals surface area contributed by atoms with Crippen molar-refractivity contribution in [3.63, 3.8) is 0 Å². The molecule has 24 heavy (non-hydrogen) atoms. The molecule has 130 valence electrons. The molecule has 2 aliphatic rings. The van der Waals surface area contributed by atoms with Crippen LogP contribution in [-0.4, -0.2) is 32.9 Å². The van der Waals surface area contributed by atoms with Gasteiger partial charge in [0.25, 0.3) is 0 Å². The molecular weight excluding hydrogens is 328 g/mol. The van der Waals surface area contributed by atoms with Crippen LogP contribution < -0.4 is 0 Å². The molecule has 0 saturated heterocycles. The summed E-state index contributed by atoms with van der Waals surface area (Å²) in [5, 5.41) is 0. The van der Waals surface area contributed by atoms with Crippen LogP contribution >= 0.6 is 0 Å². The zero-order valence-electron chi connectivity index (χ0n) is 14.2. The normalized spacial score (nSPS) is 20.2. The minimum absolute atomic E-state index is 0.242. The quantitative estimate of drug-likeness (QED) is 0.738. The van der Waals surface area contributed by atoms with Crippen molar-refractivity contribution < 1.29 is 22.7 Å². The Morgan fingerprint density at radius 3 is 2.38 bits per heavy atom. The van der Waals surface area contributed by atoms with Crippen LogP contribution in [0.2, 0.25) is 0 Å². The fraction of sp³-hybridized carbons (Fsp3) is 0.500. The minimum Gasteiger partial charge on any atom is -0.486 e. The van der Waals surface area contributed by atoms with Gasteiger partial charge >= 0.3 is 5.97 Å². The highest BCUT2D eigenvalue weighted by atomic mass is 32.2. The van der Waals surface area contributed by atoms with Crippen molar-refractivity contribution in [1.82, 2.24) is 0 Å². The molecule has 1 fully saturated rings. The van der Waals surface area contributed by atoms with Crippen molar-refractivity contribution in [2.45, 2.75) is 43.6 Å². The van der Waals surface area contributed by atoms with E-state index in [0.29, 0.717) is 18.1 Å². The van der Waals surface area contributed by atoms with E-state index in [4.69, 9.17) is 9.47 Å². The van der Waals surface area contributed by atoms with Crippen LogP contribution in [0.5, 0.6) is 0 Å². The number of carbonyl (C=O) groups is 1. The third kappa shape index (κ3) is 3.48. The molecule has 1 aliphatic heterocycles. The standard InChI is InChI=1S/C18H22O5S/c1-18(2)15(13-6-8-14(9-7-13)24(3,20)21)16(17(19)23-18)22-11-10-12-4-5-12/h6-9,12H,4-5,10-11H2,1-3H3. The van der Waals surface area contributed by atoms with E-state index >= 15 is 0 Å². The molecule has 1 aliphatic carbocycles. The van der Waals surface area contributed by atoms with Gasteiger partial charge in [-0.2, -0.15) is 0 Å². The van der Waals surface area contributed by atoms with E-state index in [2.05, 4.69) is 0 Å². The van der Waals surface area contributed by atoms with Crippen LogP contribution in [0.4, 0.5) is 0 Å². The molecule has 0 bridgehead atoms. The number of benzene rings is 1. The lowest BCUT2D eigenvalue weighted by molar-refractivity contribution is -0.147. The maximum absolute atomic E-state index is 12.2. The molecule has 0 amide bonds. The Bertz CT molecular complexity index is 783. The van der Waals surface area contributed by atoms with Gasteiger partial charge in [0.1, 0.15) is 5.60 Å². The largest absolute Gasteiger partial charge is 0.486 e. The average Bonchev–Trinajstić information content (AvgIpc) is 3.25. The molecule has 5 nitrogen and oxygen atoms in total. The molecule has 1 saturated carbocycles. The van der Waals surface area contributed by atoms with Crippen molar-refractivity contribution in [3.8, 4) is 0 Å². The van der Waals surface area contributed by atoms with E-state index in [1.54, 1.807) is 24.3 Å². The third-order valence-corrected chi connectivity index (χ3v) is 5.53. The lowest BCUT2D eigenvalue weighted by atomic mass is 9.92. The van der Waals surface area contributed by atoms with Crippen LogP contribution in [-0.2, 0) is 24.1 Å². The molecule has 0 spiro atoms. The molecule has 1 aromatic carbocycles. The van der Waals surface area contributed by atoms with Gasteiger partial charge in [0.15, 0.2) is 9.84 Å². The predicted molar refractivity (Wildman–Crippen MR) is 89.9 cm³/mol. The summed E-state index contributed by atoms with van der Waals surface area (Å²) >= 11 is 0. The van der Waals surface area contributed by atoms with Gasteiger partial charge in [-0.05, 0) is 43.9 Å². The highest BCUT2D eigenvalue weighted by Crippen LogP contribution is 2.40. The van der Waals surface area contributed by atoms with Gasteiger partial charge in [-0.3, -0.25) is 0 Å². The van der Waals surface area contributed by atoms with Crippen molar-refractivity contribution >= 4 is 21.4 Å². The van der Waals surface area contributed by atoms with Gasteiger partial charge in [-0.1, -0.05) is 25.0 Å². The summed E-state index contributed by atoms with van der Waals surface area (Å²) in [7, 11) is -3.26. The van der Waals surface area contributed by atoms with Gasteiger partial charge in [0.05, 0.1) is 17.1 Å². The Kier molecular flexibility index (Phi) is 4.20. The van der Waals surface area contributed by atoms with E-state index in [-0.39, 0.29) is 10.7 Å². The molecule has 1 aromatic rings. The minimum atomic E-state index is -3.26. The Morgan fingerprint density at radius 1 is 1.21 bits per heavy atom. The first-order valence-corrected chi connectivity index (χ1v) is 9.99. The van der Waals surface area contributed by atoms with Gasteiger partial charge in [-0.15, -0.1) is 0 Å². The van der Waals surface area contributed by atoms with E-state index in [1.807, 2.05) is 13.8 Å². The van der Waals surface area contributed by atoms with E-state index in [9.17, 15) is 13.2 Å². The van der Waals surface area contributed by atoms with Crippen LogP contribution in [0, 0.1) is 5.92 Å². The molecule has 6 heteroatoms. The molecule has 0 radical (unpaired) electrons. The van der Waals surface area contributed by atoms with Crippen LogP contribution in [0.1, 0.15) is 38.7 Å². The lowest BCUT2D eigenvalue weighted by Gasteiger charge is -2.21. The summed E-state index contributed by atoms with van der Waals surface area (Å²) in [5.74, 6) is 0.499. The van der Waals surface area contributed by atoms with Gasteiger partial charge in [0, 0.05) is 6.26 Å². The predicted octanol–water partition coefficient (Wildman–Crippen LogP) is 2.95. The van der Waals surface area contributed by atoms with Crippen molar-refractivity contribution in [1.29, 1.82) is 0 Å². The number of sulfone groups is 1. The number of cyclic esters (lactones) is 1. The molecular formula is C18H22O5S. The smallest absolute Gasteiger partial charge is 0.374 e. The summed E-state index contributed by atoms with van der Waals surface area (Å²) in [6.07, 6.45) is 4.58. The molecule has 0 aromatic heterocycles. The molecule has 0 atom stereocenters. The highest BCUT2D eigenvalue weighted by molar-refractivity contribution is 7.90. The summed E-state index contributed by atoms with van der Waals surface area (Å²) in [6, 6.07) is 6.47. The summed E-state index contributed by atoms with van der Waals surface area (Å²) in [4.78, 5) is 12.4. The van der Waals surface area contributed by atoms with Gasteiger partial charge in [0.2, 0.25) is 5.76 Å². The number of rotatable bonds is 6. The van der Waals surface area contributed by atoms with E-state index < -0.39 is 21.4 Å². The molecule has 3 rings (SSSR count). The second kappa shape index (κ2) is 5.92. The topological polar surface area (TPSA) is 69.7 Å². The Hall–Kier alpha value is -1.82. The van der Waals surface area contributed by atoms with Crippen LogP contribution in [0.15, 0.2) is 34.9 Å². The number of esters is 1. The van der Waals surface area contributed by atoms with E-state index in [0.717, 1.165) is 12.0 Å². The average molecular weight is 350 g/mol. The zero-order valence-corrected chi connectivity index (χ0v) is 15.0. The van der Waals surface area contributed by atoms with Crippen molar-refractivity contribution in [2.75, 3.05) is 12.9 Å². The Morgan fingerprint density at radius 2 is 1.83 bits per heavy atom. The van der Waals surface area contributed by atoms with Crippen molar-refractivity contribution in [3.05, 3.63) is 35.6 Å². The monoisotopic (exact) mass is 350 g/mol. The first-order valence-electron chi connectivity index (χ1n) is 8.10. The fourth-order valence-corrected chi connectivity index (χ4v) is 3.55. The number of ether oxygens (including phenoxy) is 2. The van der Waals surface area contributed by atoms with Gasteiger partial charge < -0.3 is 9.47 Å². The summed E-state index contributed by atoms with van der Waals surface area (Å²) in [6.45, 7) is 4.11. The van der Waals surface area contributed by atoms with Gasteiger partial charge in [-0.25, -0.2) is 13.2 Å². The number of hydrogen-bond donors (Lipinski definition) is 0. The summed E-state index contributed by atoms with van der Waals surface area (Å²) in [5.41, 5.74) is 0.599. The SMILES string of the molecule is CC1(C)OC(=O)C(OCCC2CC2)=C1c1ccc(S(C)(=O)=O)cc1. The zero-order chi connectivity index (χ0) is 17.5. The maximum atomic E-state index is 12.2. The second-order valence-electron chi connectivity index (χ2n) is 6.98. The van der Waals surface area contributed by atoms with E-state index in [1.165, 1.54) is 19.1 Å². The number of hydrogen-bond acceptors (Lipinski definition) is 5. The van der Waals surface area contributed by atoms with Crippen LogP contribution in [0.3, 0.4) is 0 Å². The Balaban J connectivity index is 1.92. The molecule has 0 unspecified atom stereocenters. The first kappa shape index (κ1) is 17.0. The van der Waals surface area contributed by atoms with Crippen LogP contribution in [0.25, 0.3) is 5.57 Å². The first-order chi connectivity index (χ1) is 11.2. The summed E-state index contributed by atoms with van der Waals surface area (Å²) < 4.78 is 34.4. The molecule has 1 heterocycles.